The van der Waals surface area contributed by atoms with Gasteiger partial charge in [0.15, 0.2) is 0 Å². The molecule has 1 aromatic rings. The summed E-state index contributed by atoms with van der Waals surface area (Å²) in [5.41, 5.74) is 1.25. The zero-order valence-electron chi connectivity index (χ0n) is 12.6. The lowest BCUT2D eigenvalue weighted by atomic mass is 10.1. The number of nitrogens with zero attached hydrogens (tertiary/aromatic N) is 3. The second-order valence-corrected chi connectivity index (χ2v) is 6.98. The van der Waals surface area contributed by atoms with E-state index < -0.39 is 0 Å². The van der Waals surface area contributed by atoms with Gasteiger partial charge < -0.3 is 14.8 Å². The van der Waals surface area contributed by atoms with Gasteiger partial charge in [0.05, 0.1) is 11.9 Å². The van der Waals surface area contributed by atoms with Crippen LogP contribution in [0.1, 0.15) is 31.4 Å². The van der Waals surface area contributed by atoms with Crippen LogP contribution < -0.4 is 10.2 Å². The summed E-state index contributed by atoms with van der Waals surface area (Å²) in [5, 5.41) is 3.63. The Bertz CT molecular complexity index is 408. The Morgan fingerprint density at radius 3 is 2.63 bits per heavy atom. The van der Waals surface area contributed by atoms with E-state index in [2.05, 4.69) is 28.2 Å². The van der Waals surface area contributed by atoms with Crippen LogP contribution in [0.3, 0.4) is 0 Å². The lowest BCUT2D eigenvalue weighted by Crippen LogP contribution is -2.35. The molecule has 1 heterocycles. The summed E-state index contributed by atoms with van der Waals surface area (Å²) >= 11 is 2.04. The quantitative estimate of drug-likeness (QED) is 0.867. The molecule has 0 aromatic carbocycles. The Labute approximate surface area is 121 Å². The van der Waals surface area contributed by atoms with Crippen molar-refractivity contribution in [2.75, 3.05) is 31.8 Å². The molecule has 19 heavy (non-hydrogen) atoms. The molecular formula is C14H26N4S. The largest absolute Gasteiger partial charge is 0.348 e. The van der Waals surface area contributed by atoms with Gasteiger partial charge in [0.1, 0.15) is 0 Å². The monoisotopic (exact) mass is 282 g/mol. The molecule has 0 bridgehead atoms. The molecule has 0 unspecified atom stereocenters. The molecule has 1 saturated carbocycles. The SMILES string of the molecule is CSC1(CNCc2cnc(N(C)C)n2C)CCCC1. The van der Waals surface area contributed by atoms with Gasteiger partial charge >= 0.3 is 0 Å². The Morgan fingerprint density at radius 2 is 2.11 bits per heavy atom. The number of nitrogens with one attached hydrogen (secondary N) is 1. The predicted molar refractivity (Wildman–Crippen MR) is 84.0 cm³/mol. The van der Waals surface area contributed by atoms with E-state index >= 15 is 0 Å². The first kappa shape index (κ1) is 14.7. The molecule has 4 nitrogen and oxygen atoms in total. The third-order valence-corrected chi connectivity index (χ3v) is 5.58. The van der Waals surface area contributed by atoms with Gasteiger partial charge in [0.25, 0.3) is 0 Å². The molecule has 1 aliphatic rings. The fraction of sp³-hybridized carbons (Fsp3) is 0.786. The van der Waals surface area contributed by atoms with E-state index in [0.717, 1.165) is 19.0 Å². The standard InChI is InChI=1S/C14H26N4S/c1-17(2)13-16-10-12(18(13)3)9-15-11-14(19-4)7-5-6-8-14/h10,15H,5-9,11H2,1-4H3. The highest BCUT2D eigenvalue weighted by Gasteiger charge is 2.32. The van der Waals surface area contributed by atoms with Crippen LogP contribution in [0.4, 0.5) is 5.95 Å². The second-order valence-electron chi connectivity index (χ2n) is 5.70. The Balaban J connectivity index is 1.89. The molecule has 1 N–H and O–H groups in total. The molecule has 1 fully saturated rings. The van der Waals surface area contributed by atoms with Crippen LogP contribution in [0, 0.1) is 0 Å². The fourth-order valence-electron chi connectivity index (χ4n) is 2.90. The molecule has 0 amide bonds. The topological polar surface area (TPSA) is 33.1 Å². The minimum absolute atomic E-state index is 0.475. The molecule has 1 aliphatic carbocycles. The van der Waals surface area contributed by atoms with E-state index in [1.807, 2.05) is 37.0 Å². The van der Waals surface area contributed by atoms with E-state index in [-0.39, 0.29) is 0 Å². The van der Waals surface area contributed by atoms with E-state index in [1.165, 1.54) is 31.4 Å². The summed E-state index contributed by atoms with van der Waals surface area (Å²) in [4.78, 5) is 6.49. The molecule has 1 aromatic heterocycles. The molecule has 108 valence electrons. The van der Waals surface area contributed by atoms with Crippen molar-refractivity contribution in [2.24, 2.45) is 7.05 Å². The number of rotatable bonds is 6. The summed E-state index contributed by atoms with van der Waals surface area (Å²) in [7, 11) is 6.14. The van der Waals surface area contributed by atoms with E-state index in [0.29, 0.717) is 4.75 Å². The van der Waals surface area contributed by atoms with Crippen molar-refractivity contribution in [2.45, 2.75) is 37.0 Å². The van der Waals surface area contributed by atoms with Crippen molar-refractivity contribution in [3.8, 4) is 0 Å². The third kappa shape index (κ3) is 3.26. The van der Waals surface area contributed by atoms with E-state index in [4.69, 9.17) is 0 Å². The van der Waals surface area contributed by atoms with Crippen LogP contribution in [-0.2, 0) is 13.6 Å². The van der Waals surface area contributed by atoms with Gasteiger partial charge in [0, 0.05) is 39.0 Å². The molecule has 0 atom stereocenters. The van der Waals surface area contributed by atoms with Crippen molar-refractivity contribution >= 4 is 17.7 Å². The van der Waals surface area contributed by atoms with Crippen molar-refractivity contribution in [1.29, 1.82) is 0 Å². The maximum Gasteiger partial charge on any atom is 0.204 e. The minimum Gasteiger partial charge on any atom is -0.348 e. The van der Waals surface area contributed by atoms with Crippen LogP contribution in [0.2, 0.25) is 0 Å². The summed E-state index contributed by atoms with van der Waals surface area (Å²) < 4.78 is 2.64. The maximum absolute atomic E-state index is 4.45. The van der Waals surface area contributed by atoms with Gasteiger partial charge in [-0.15, -0.1) is 0 Å². The van der Waals surface area contributed by atoms with Gasteiger partial charge in [-0.25, -0.2) is 4.98 Å². The Hall–Kier alpha value is -0.680. The van der Waals surface area contributed by atoms with Gasteiger partial charge in [-0.2, -0.15) is 11.8 Å². The highest BCUT2D eigenvalue weighted by molar-refractivity contribution is 8.00. The number of thioether (sulfide) groups is 1. The molecule has 0 aliphatic heterocycles. The van der Waals surface area contributed by atoms with Crippen LogP contribution >= 0.6 is 11.8 Å². The lowest BCUT2D eigenvalue weighted by Gasteiger charge is -2.27. The van der Waals surface area contributed by atoms with Crippen molar-refractivity contribution in [3.63, 3.8) is 0 Å². The maximum atomic E-state index is 4.45. The molecule has 0 spiro atoms. The molecule has 2 rings (SSSR count). The molecule has 5 heteroatoms. The average molecular weight is 282 g/mol. The van der Waals surface area contributed by atoms with Crippen LogP contribution in [0.5, 0.6) is 0 Å². The summed E-state index contributed by atoms with van der Waals surface area (Å²) in [6, 6.07) is 0. The highest BCUT2D eigenvalue weighted by Crippen LogP contribution is 2.39. The van der Waals surface area contributed by atoms with Gasteiger partial charge in [-0.1, -0.05) is 12.8 Å². The highest BCUT2D eigenvalue weighted by atomic mass is 32.2. The first-order chi connectivity index (χ1) is 9.08. The first-order valence-electron chi connectivity index (χ1n) is 7.02. The van der Waals surface area contributed by atoms with Crippen molar-refractivity contribution < 1.29 is 0 Å². The number of hydrogen-bond acceptors (Lipinski definition) is 4. The second kappa shape index (κ2) is 6.18. The van der Waals surface area contributed by atoms with E-state index in [9.17, 15) is 0 Å². The Kier molecular flexibility index (Phi) is 4.79. The van der Waals surface area contributed by atoms with Crippen molar-refractivity contribution in [1.82, 2.24) is 14.9 Å². The Morgan fingerprint density at radius 1 is 1.42 bits per heavy atom. The number of imidazole rings is 1. The molecular weight excluding hydrogens is 256 g/mol. The summed E-state index contributed by atoms with van der Waals surface area (Å²) in [5.74, 6) is 1.01. The van der Waals surface area contributed by atoms with Gasteiger partial charge in [-0.3, -0.25) is 0 Å². The van der Waals surface area contributed by atoms with Crippen LogP contribution in [-0.4, -0.2) is 41.2 Å². The summed E-state index contributed by atoms with van der Waals surface area (Å²) in [6.07, 6.45) is 9.72. The smallest absolute Gasteiger partial charge is 0.204 e. The zero-order valence-corrected chi connectivity index (χ0v) is 13.4. The predicted octanol–water partition coefficient (Wildman–Crippen LogP) is 2.25. The normalized spacial score (nSPS) is 17.9. The van der Waals surface area contributed by atoms with Gasteiger partial charge in [0.2, 0.25) is 5.95 Å². The zero-order chi connectivity index (χ0) is 13.9. The lowest BCUT2D eigenvalue weighted by molar-refractivity contribution is 0.526. The minimum atomic E-state index is 0.475. The number of aromatic nitrogens is 2. The van der Waals surface area contributed by atoms with Gasteiger partial charge in [-0.05, 0) is 19.1 Å². The van der Waals surface area contributed by atoms with E-state index in [1.54, 1.807) is 0 Å². The number of hydrogen-bond donors (Lipinski definition) is 1. The third-order valence-electron chi connectivity index (χ3n) is 4.16. The first-order valence-corrected chi connectivity index (χ1v) is 8.24. The molecule has 0 saturated heterocycles. The summed E-state index contributed by atoms with van der Waals surface area (Å²) in [6.45, 7) is 2.01. The van der Waals surface area contributed by atoms with Crippen molar-refractivity contribution in [3.05, 3.63) is 11.9 Å². The van der Waals surface area contributed by atoms with Crippen LogP contribution in [0.25, 0.3) is 0 Å². The average Bonchev–Trinajstić information content (AvgIpc) is 2.98. The molecule has 0 radical (unpaired) electrons. The fourth-order valence-corrected chi connectivity index (χ4v) is 3.85. The number of anilines is 1. The van der Waals surface area contributed by atoms with Crippen LogP contribution in [0.15, 0.2) is 6.20 Å².